The Kier molecular flexibility index (Phi) is 3.53. The molecule has 0 aliphatic heterocycles. The lowest BCUT2D eigenvalue weighted by Gasteiger charge is -2.04. The Balaban J connectivity index is 2.63. The average molecular weight is 200 g/mol. The summed E-state index contributed by atoms with van der Waals surface area (Å²) in [6.45, 7) is -0.134. The van der Waals surface area contributed by atoms with Gasteiger partial charge in [-0.25, -0.2) is 8.78 Å². The van der Waals surface area contributed by atoms with E-state index in [1.165, 1.54) is 6.07 Å². The Morgan fingerprint density at radius 1 is 1.43 bits per heavy atom. The van der Waals surface area contributed by atoms with Crippen molar-refractivity contribution < 1.29 is 13.6 Å². The zero-order valence-corrected chi connectivity index (χ0v) is 7.39. The van der Waals surface area contributed by atoms with E-state index in [0.717, 1.165) is 12.1 Å². The molecule has 1 amide bonds. The second kappa shape index (κ2) is 4.66. The van der Waals surface area contributed by atoms with Crippen LogP contribution in [0.2, 0.25) is 0 Å². The molecule has 0 saturated heterocycles. The standard InChI is InChI=1S/C9H10F2N2O/c10-7-2-1-6(8(11)3-7)5-13-9(14)4-12/h1-3H,4-5,12H2,(H,13,14). The molecule has 0 bridgehead atoms. The first-order valence-electron chi connectivity index (χ1n) is 4.04. The normalized spacial score (nSPS) is 9.93. The van der Waals surface area contributed by atoms with Crippen LogP contribution in [0.15, 0.2) is 18.2 Å². The van der Waals surface area contributed by atoms with E-state index in [9.17, 15) is 13.6 Å². The quantitative estimate of drug-likeness (QED) is 0.748. The predicted octanol–water partition coefficient (Wildman–Crippen LogP) is 0.540. The summed E-state index contributed by atoms with van der Waals surface area (Å²) in [5.41, 5.74) is 5.26. The SMILES string of the molecule is NCC(=O)NCc1ccc(F)cc1F. The molecule has 1 aromatic rings. The highest BCUT2D eigenvalue weighted by molar-refractivity contribution is 5.77. The Labute approximate surface area is 79.9 Å². The van der Waals surface area contributed by atoms with Crippen LogP contribution in [-0.2, 0) is 11.3 Å². The molecule has 1 aromatic carbocycles. The smallest absolute Gasteiger partial charge is 0.234 e. The van der Waals surface area contributed by atoms with E-state index in [1.54, 1.807) is 0 Å². The van der Waals surface area contributed by atoms with Crippen molar-refractivity contribution in [2.24, 2.45) is 5.73 Å². The van der Waals surface area contributed by atoms with Crippen LogP contribution in [0.5, 0.6) is 0 Å². The lowest BCUT2D eigenvalue weighted by molar-refractivity contribution is -0.119. The van der Waals surface area contributed by atoms with E-state index < -0.39 is 11.6 Å². The Hall–Kier alpha value is -1.49. The zero-order chi connectivity index (χ0) is 10.6. The number of rotatable bonds is 3. The highest BCUT2D eigenvalue weighted by Crippen LogP contribution is 2.08. The van der Waals surface area contributed by atoms with Crippen molar-refractivity contribution in [3.05, 3.63) is 35.4 Å². The third-order valence-corrected chi connectivity index (χ3v) is 1.68. The molecule has 76 valence electrons. The second-order valence-electron chi connectivity index (χ2n) is 2.72. The molecule has 5 heteroatoms. The van der Waals surface area contributed by atoms with Crippen LogP contribution in [0.3, 0.4) is 0 Å². The van der Waals surface area contributed by atoms with Crippen molar-refractivity contribution in [1.82, 2.24) is 5.32 Å². The summed E-state index contributed by atoms with van der Waals surface area (Å²) in [6.07, 6.45) is 0. The molecule has 0 aromatic heterocycles. The van der Waals surface area contributed by atoms with E-state index in [4.69, 9.17) is 5.73 Å². The first kappa shape index (κ1) is 10.6. The van der Waals surface area contributed by atoms with E-state index in [2.05, 4.69) is 5.32 Å². The Morgan fingerprint density at radius 2 is 2.14 bits per heavy atom. The first-order valence-corrected chi connectivity index (χ1v) is 4.04. The lowest BCUT2D eigenvalue weighted by atomic mass is 10.2. The largest absolute Gasteiger partial charge is 0.351 e. The number of benzene rings is 1. The second-order valence-corrected chi connectivity index (χ2v) is 2.72. The van der Waals surface area contributed by atoms with Gasteiger partial charge in [-0.3, -0.25) is 4.79 Å². The lowest BCUT2D eigenvalue weighted by Crippen LogP contribution is -2.29. The van der Waals surface area contributed by atoms with E-state index in [-0.39, 0.29) is 24.6 Å². The number of nitrogens with two attached hydrogens (primary N) is 1. The Morgan fingerprint density at radius 3 is 2.71 bits per heavy atom. The van der Waals surface area contributed by atoms with Crippen LogP contribution in [0.4, 0.5) is 8.78 Å². The summed E-state index contributed by atoms with van der Waals surface area (Å²) >= 11 is 0. The fourth-order valence-corrected chi connectivity index (χ4v) is 0.931. The van der Waals surface area contributed by atoms with Gasteiger partial charge in [0.15, 0.2) is 0 Å². The molecular formula is C9H10F2N2O. The van der Waals surface area contributed by atoms with Crippen molar-refractivity contribution in [3.8, 4) is 0 Å². The summed E-state index contributed by atoms with van der Waals surface area (Å²) in [5, 5.41) is 2.38. The summed E-state index contributed by atoms with van der Waals surface area (Å²) in [5.74, 6) is -1.70. The van der Waals surface area contributed by atoms with Gasteiger partial charge in [0.2, 0.25) is 5.91 Å². The van der Waals surface area contributed by atoms with Crippen LogP contribution in [0.1, 0.15) is 5.56 Å². The van der Waals surface area contributed by atoms with Gasteiger partial charge in [-0.05, 0) is 6.07 Å². The maximum absolute atomic E-state index is 13.0. The van der Waals surface area contributed by atoms with Crippen LogP contribution < -0.4 is 11.1 Å². The molecule has 0 aliphatic carbocycles. The van der Waals surface area contributed by atoms with Crippen LogP contribution >= 0.6 is 0 Å². The number of hydrogen-bond donors (Lipinski definition) is 2. The topological polar surface area (TPSA) is 55.1 Å². The van der Waals surface area contributed by atoms with Gasteiger partial charge in [0, 0.05) is 18.2 Å². The number of hydrogen-bond acceptors (Lipinski definition) is 2. The van der Waals surface area contributed by atoms with Gasteiger partial charge >= 0.3 is 0 Å². The summed E-state index contributed by atoms with van der Waals surface area (Å²) in [7, 11) is 0. The van der Waals surface area contributed by atoms with Gasteiger partial charge in [0.25, 0.3) is 0 Å². The molecule has 0 spiro atoms. The molecule has 3 N–H and O–H groups in total. The Bertz CT molecular complexity index is 342. The minimum absolute atomic E-state index is 0.0160. The first-order chi connectivity index (χ1) is 6.63. The van der Waals surface area contributed by atoms with Crippen molar-refractivity contribution >= 4 is 5.91 Å². The molecule has 0 heterocycles. The molecule has 0 radical (unpaired) electrons. The number of carbonyl (C=O) groups excluding carboxylic acids is 1. The molecule has 14 heavy (non-hydrogen) atoms. The summed E-state index contributed by atoms with van der Waals surface area (Å²) < 4.78 is 25.4. The number of carbonyl (C=O) groups is 1. The van der Waals surface area contributed by atoms with E-state index in [1.807, 2.05) is 0 Å². The minimum atomic E-state index is -0.678. The zero-order valence-electron chi connectivity index (χ0n) is 7.39. The fourth-order valence-electron chi connectivity index (χ4n) is 0.931. The molecule has 1 rings (SSSR count). The van der Waals surface area contributed by atoms with Crippen molar-refractivity contribution in [2.45, 2.75) is 6.54 Å². The van der Waals surface area contributed by atoms with Crippen molar-refractivity contribution in [3.63, 3.8) is 0 Å². The van der Waals surface area contributed by atoms with Gasteiger partial charge in [-0.15, -0.1) is 0 Å². The maximum atomic E-state index is 13.0. The molecule has 0 atom stereocenters. The third kappa shape index (κ3) is 2.77. The summed E-state index contributed by atoms with van der Waals surface area (Å²) in [4.78, 5) is 10.7. The van der Waals surface area contributed by atoms with Crippen LogP contribution in [-0.4, -0.2) is 12.5 Å². The fraction of sp³-hybridized carbons (Fsp3) is 0.222. The summed E-state index contributed by atoms with van der Waals surface area (Å²) in [6, 6.07) is 3.18. The van der Waals surface area contributed by atoms with Gasteiger partial charge in [-0.2, -0.15) is 0 Å². The highest BCUT2D eigenvalue weighted by atomic mass is 19.1. The number of amides is 1. The molecular weight excluding hydrogens is 190 g/mol. The average Bonchev–Trinajstić information content (AvgIpc) is 2.16. The van der Waals surface area contributed by atoms with Crippen LogP contribution in [0, 0.1) is 11.6 Å². The van der Waals surface area contributed by atoms with Crippen LogP contribution in [0.25, 0.3) is 0 Å². The number of nitrogens with one attached hydrogen (secondary N) is 1. The third-order valence-electron chi connectivity index (χ3n) is 1.68. The number of halogens is 2. The van der Waals surface area contributed by atoms with Crippen molar-refractivity contribution in [1.29, 1.82) is 0 Å². The molecule has 3 nitrogen and oxygen atoms in total. The van der Waals surface area contributed by atoms with Crippen molar-refractivity contribution in [2.75, 3.05) is 6.54 Å². The predicted molar refractivity (Wildman–Crippen MR) is 47.3 cm³/mol. The van der Waals surface area contributed by atoms with E-state index in [0.29, 0.717) is 0 Å². The molecule has 0 aliphatic rings. The molecule has 0 unspecified atom stereocenters. The van der Waals surface area contributed by atoms with Gasteiger partial charge in [0.1, 0.15) is 11.6 Å². The molecule has 0 saturated carbocycles. The van der Waals surface area contributed by atoms with Gasteiger partial charge in [0.05, 0.1) is 6.54 Å². The monoisotopic (exact) mass is 200 g/mol. The maximum Gasteiger partial charge on any atom is 0.234 e. The molecule has 0 fully saturated rings. The minimum Gasteiger partial charge on any atom is -0.351 e. The van der Waals surface area contributed by atoms with E-state index >= 15 is 0 Å². The highest BCUT2D eigenvalue weighted by Gasteiger charge is 2.04. The van der Waals surface area contributed by atoms with Gasteiger partial charge in [-0.1, -0.05) is 6.07 Å². The van der Waals surface area contributed by atoms with Gasteiger partial charge < -0.3 is 11.1 Å².